The molecule has 1 aliphatic carbocycles. The van der Waals surface area contributed by atoms with E-state index in [1.807, 2.05) is 6.92 Å². The van der Waals surface area contributed by atoms with Gasteiger partial charge in [-0.3, -0.25) is 0 Å². The highest BCUT2D eigenvalue weighted by atomic mass is 15.4. The summed E-state index contributed by atoms with van der Waals surface area (Å²) in [6.45, 7) is 1.87. The van der Waals surface area contributed by atoms with Gasteiger partial charge in [0, 0.05) is 5.92 Å². The lowest BCUT2D eigenvalue weighted by molar-refractivity contribution is 0.413. The Morgan fingerprint density at radius 3 is 2.50 bits per heavy atom. The van der Waals surface area contributed by atoms with E-state index in [4.69, 9.17) is 11.6 Å². The summed E-state index contributed by atoms with van der Waals surface area (Å²) in [7, 11) is 0. The van der Waals surface area contributed by atoms with Gasteiger partial charge in [0.1, 0.15) is 11.6 Å². The molecule has 2 rings (SSSR count). The Bertz CT molecular complexity index is 298. The van der Waals surface area contributed by atoms with Crippen LogP contribution in [0.25, 0.3) is 0 Å². The highest BCUT2D eigenvalue weighted by Gasteiger charge is 2.25. The van der Waals surface area contributed by atoms with Crippen molar-refractivity contribution in [2.45, 2.75) is 32.1 Å². The number of imidazole rings is 1. The maximum atomic E-state index is 5.79. The number of anilines is 1. The quantitative estimate of drug-likeness (QED) is 0.605. The van der Waals surface area contributed by atoms with E-state index < -0.39 is 0 Å². The fourth-order valence-corrected chi connectivity index (χ4v) is 1.57. The summed E-state index contributed by atoms with van der Waals surface area (Å²) in [6, 6.07) is 0. The van der Waals surface area contributed by atoms with Gasteiger partial charge in [0.15, 0.2) is 0 Å². The minimum Gasteiger partial charge on any atom is -0.382 e. The van der Waals surface area contributed by atoms with Crippen molar-refractivity contribution in [1.82, 2.24) is 9.66 Å². The highest BCUT2D eigenvalue weighted by Crippen LogP contribution is 2.38. The second-order valence-corrected chi connectivity index (χ2v) is 3.43. The molecule has 1 fully saturated rings. The standard InChI is InChI=1S/C8H14N4/c1-5-11-7(6-3-2-4-6)8(9)12(5)10/h6H,2-4,9-10H2,1H3. The fourth-order valence-electron chi connectivity index (χ4n) is 1.57. The van der Waals surface area contributed by atoms with Crippen LogP contribution in [0.5, 0.6) is 0 Å². The molecule has 66 valence electrons. The molecule has 0 amide bonds. The number of aryl methyl sites for hydroxylation is 1. The Hall–Kier alpha value is -1.19. The Kier molecular flexibility index (Phi) is 1.49. The molecule has 0 aliphatic heterocycles. The molecular formula is C8H14N4. The SMILES string of the molecule is Cc1nc(C2CCC2)c(N)n1N. The van der Waals surface area contributed by atoms with Crippen LogP contribution in [-0.2, 0) is 0 Å². The molecule has 4 heteroatoms. The molecule has 0 atom stereocenters. The van der Waals surface area contributed by atoms with Gasteiger partial charge in [-0.2, -0.15) is 0 Å². The molecular weight excluding hydrogens is 152 g/mol. The maximum Gasteiger partial charge on any atom is 0.146 e. The minimum absolute atomic E-state index is 0.563. The van der Waals surface area contributed by atoms with Crippen molar-refractivity contribution >= 4 is 5.82 Å². The molecule has 0 unspecified atom stereocenters. The molecule has 1 aliphatic rings. The van der Waals surface area contributed by atoms with E-state index in [9.17, 15) is 0 Å². The average Bonchev–Trinajstić information content (AvgIpc) is 2.15. The Labute approximate surface area is 71.5 Å². The number of rotatable bonds is 1. The number of hydrogen-bond donors (Lipinski definition) is 2. The smallest absolute Gasteiger partial charge is 0.146 e. The first-order chi connectivity index (χ1) is 5.70. The molecule has 0 saturated heterocycles. The molecule has 1 aromatic heterocycles. The lowest BCUT2D eigenvalue weighted by atomic mass is 9.83. The molecule has 4 nitrogen and oxygen atoms in total. The van der Waals surface area contributed by atoms with Gasteiger partial charge < -0.3 is 11.6 Å². The van der Waals surface area contributed by atoms with Crippen LogP contribution in [0.4, 0.5) is 5.82 Å². The second kappa shape index (κ2) is 2.40. The van der Waals surface area contributed by atoms with Crippen LogP contribution in [0.1, 0.15) is 36.7 Å². The first-order valence-electron chi connectivity index (χ1n) is 4.30. The van der Waals surface area contributed by atoms with E-state index >= 15 is 0 Å². The van der Waals surface area contributed by atoms with Crippen molar-refractivity contribution in [2.24, 2.45) is 0 Å². The van der Waals surface area contributed by atoms with Gasteiger partial charge in [0.2, 0.25) is 0 Å². The zero-order valence-electron chi connectivity index (χ0n) is 7.25. The lowest BCUT2D eigenvalue weighted by Crippen LogP contribution is -2.15. The van der Waals surface area contributed by atoms with E-state index in [2.05, 4.69) is 4.98 Å². The Morgan fingerprint density at radius 2 is 2.17 bits per heavy atom. The number of nitrogens with two attached hydrogens (primary N) is 2. The first kappa shape index (κ1) is 7.46. The topological polar surface area (TPSA) is 69.9 Å². The van der Waals surface area contributed by atoms with Crippen molar-refractivity contribution < 1.29 is 0 Å². The van der Waals surface area contributed by atoms with Crippen LogP contribution in [0.15, 0.2) is 0 Å². The van der Waals surface area contributed by atoms with Crippen LogP contribution in [-0.4, -0.2) is 9.66 Å². The molecule has 0 aromatic carbocycles. The molecule has 0 bridgehead atoms. The predicted octanol–water partition coefficient (Wildman–Crippen LogP) is 0.755. The van der Waals surface area contributed by atoms with Gasteiger partial charge >= 0.3 is 0 Å². The zero-order valence-corrected chi connectivity index (χ0v) is 7.25. The molecule has 0 radical (unpaired) electrons. The summed E-state index contributed by atoms with van der Waals surface area (Å²) in [5.41, 5.74) is 6.79. The summed E-state index contributed by atoms with van der Waals surface area (Å²) in [6.07, 6.45) is 3.71. The molecule has 1 aromatic rings. The van der Waals surface area contributed by atoms with E-state index in [1.165, 1.54) is 23.9 Å². The van der Waals surface area contributed by atoms with Gasteiger partial charge in [0.05, 0.1) is 5.69 Å². The Morgan fingerprint density at radius 1 is 1.50 bits per heavy atom. The third-order valence-corrected chi connectivity index (χ3v) is 2.64. The normalized spacial score (nSPS) is 17.8. The van der Waals surface area contributed by atoms with Crippen molar-refractivity contribution in [3.63, 3.8) is 0 Å². The van der Waals surface area contributed by atoms with Crippen molar-refractivity contribution in [3.05, 3.63) is 11.5 Å². The van der Waals surface area contributed by atoms with Crippen molar-refractivity contribution in [3.8, 4) is 0 Å². The fraction of sp³-hybridized carbons (Fsp3) is 0.625. The number of nitrogen functional groups attached to an aromatic ring is 2. The van der Waals surface area contributed by atoms with E-state index in [0.717, 1.165) is 11.5 Å². The largest absolute Gasteiger partial charge is 0.382 e. The third-order valence-electron chi connectivity index (χ3n) is 2.64. The van der Waals surface area contributed by atoms with Gasteiger partial charge in [-0.15, -0.1) is 0 Å². The highest BCUT2D eigenvalue weighted by molar-refractivity contribution is 5.41. The van der Waals surface area contributed by atoms with Crippen molar-refractivity contribution in [2.75, 3.05) is 11.6 Å². The van der Waals surface area contributed by atoms with Gasteiger partial charge in [-0.05, 0) is 19.8 Å². The monoisotopic (exact) mass is 166 g/mol. The van der Waals surface area contributed by atoms with Crippen LogP contribution < -0.4 is 11.6 Å². The number of nitrogens with zero attached hydrogens (tertiary/aromatic N) is 2. The van der Waals surface area contributed by atoms with Crippen LogP contribution in [0.2, 0.25) is 0 Å². The van der Waals surface area contributed by atoms with Gasteiger partial charge in [-0.1, -0.05) is 6.42 Å². The first-order valence-corrected chi connectivity index (χ1v) is 4.30. The Balaban J connectivity index is 2.36. The number of aromatic nitrogens is 2. The van der Waals surface area contributed by atoms with Gasteiger partial charge in [0.25, 0.3) is 0 Å². The minimum atomic E-state index is 0.563. The summed E-state index contributed by atoms with van der Waals surface area (Å²) >= 11 is 0. The molecule has 1 heterocycles. The van der Waals surface area contributed by atoms with Crippen LogP contribution >= 0.6 is 0 Å². The summed E-state index contributed by atoms with van der Waals surface area (Å²) in [5.74, 6) is 7.65. The second-order valence-electron chi connectivity index (χ2n) is 3.43. The van der Waals surface area contributed by atoms with Crippen LogP contribution in [0, 0.1) is 6.92 Å². The zero-order chi connectivity index (χ0) is 8.72. The number of hydrogen-bond acceptors (Lipinski definition) is 3. The summed E-state index contributed by atoms with van der Waals surface area (Å²) in [4.78, 5) is 4.34. The van der Waals surface area contributed by atoms with Gasteiger partial charge in [-0.25, -0.2) is 9.66 Å². The molecule has 1 saturated carbocycles. The van der Waals surface area contributed by atoms with E-state index in [-0.39, 0.29) is 0 Å². The van der Waals surface area contributed by atoms with Crippen molar-refractivity contribution in [1.29, 1.82) is 0 Å². The lowest BCUT2D eigenvalue weighted by Gasteiger charge is -2.23. The van der Waals surface area contributed by atoms with E-state index in [0.29, 0.717) is 11.7 Å². The van der Waals surface area contributed by atoms with Crippen LogP contribution in [0.3, 0.4) is 0 Å². The summed E-state index contributed by atoms with van der Waals surface area (Å²) < 4.78 is 1.47. The average molecular weight is 166 g/mol. The predicted molar refractivity (Wildman–Crippen MR) is 48.1 cm³/mol. The summed E-state index contributed by atoms with van der Waals surface area (Å²) in [5, 5.41) is 0. The molecule has 4 N–H and O–H groups in total. The third kappa shape index (κ3) is 0.873. The van der Waals surface area contributed by atoms with E-state index in [1.54, 1.807) is 0 Å². The molecule has 12 heavy (non-hydrogen) atoms. The molecule has 0 spiro atoms. The maximum absolute atomic E-state index is 5.79.